The zero-order valence-corrected chi connectivity index (χ0v) is 11.5. The Morgan fingerprint density at radius 2 is 1.55 bits per heavy atom. The molecule has 0 radical (unpaired) electrons. The van der Waals surface area contributed by atoms with Gasteiger partial charge < -0.3 is 5.73 Å². The molecule has 0 spiro atoms. The highest BCUT2D eigenvalue weighted by atomic mass is 35.5. The lowest BCUT2D eigenvalue weighted by Crippen LogP contribution is -2.34. The highest BCUT2D eigenvalue weighted by molar-refractivity contribution is 6.31. The van der Waals surface area contributed by atoms with Crippen LogP contribution in [0.2, 0.25) is 5.02 Å². The molecule has 0 aromatic heterocycles. The Hall–Kier alpha value is -1.52. The Labute approximate surface area is 120 Å². The normalized spacial score (nSPS) is 14.9. The van der Waals surface area contributed by atoms with Crippen LogP contribution in [0.5, 0.6) is 0 Å². The second kappa shape index (κ2) is 5.11. The van der Waals surface area contributed by atoms with Gasteiger partial charge in [-0.1, -0.05) is 41.9 Å². The average Bonchev–Trinajstić information content (AvgIpc) is 2.38. The summed E-state index contributed by atoms with van der Waals surface area (Å²) in [6.07, 6.45) is -4.40. The second-order valence-electron chi connectivity index (χ2n) is 4.76. The van der Waals surface area contributed by atoms with Gasteiger partial charge >= 0.3 is 6.18 Å². The third kappa shape index (κ3) is 2.81. The first-order valence-electron chi connectivity index (χ1n) is 5.94. The van der Waals surface area contributed by atoms with Crippen LogP contribution in [-0.4, -0.2) is 0 Å². The molecule has 0 bridgehead atoms. The summed E-state index contributed by atoms with van der Waals surface area (Å²) in [6, 6.07) is 11.9. The van der Waals surface area contributed by atoms with E-state index in [1.54, 1.807) is 37.3 Å². The molecule has 0 saturated carbocycles. The molecular weight excluding hydrogens is 287 g/mol. The average molecular weight is 300 g/mol. The van der Waals surface area contributed by atoms with Crippen LogP contribution >= 0.6 is 11.6 Å². The van der Waals surface area contributed by atoms with E-state index in [1.807, 2.05) is 0 Å². The Balaban J connectivity index is 2.53. The smallest absolute Gasteiger partial charge is 0.318 e. The summed E-state index contributed by atoms with van der Waals surface area (Å²) < 4.78 is 38.3. The number of hydrogen-bond donors (Lipinski definition) is 1. The zero-order valence-electron chi connectivity index (χ0n) is 10.7. The van der Waals surface area contributed by atoms with Crippen LogP contribution in [0, 0.1) is 0 Å². The first-order valence-corrected chi connectivity index (χ1v) is 6.32. The molecule has 106 valence electrons. The number of hydrogen-bond acceptors (Lipinski definition) is 1. The number of rotatable bonds is 2. The molecule has 2 N–H and O–H groups in total. The summed E-state index contributed by atoms with van der Waals surface area (Å²) in [5, 5.41) is 0.426. The SMILES string of the molecule is CC(N)(c1cccc(C(F)(F)F)c1)c1ccccc1Cl. The van der Waals surface area contributed by atoms with Crippen molar-refractivity contribution in [2.75, 3.05) is 0 Å². The van der Waals surface area contributed by atoms with Crippen LogP contribution in [-0.2, 0) is 11.7 Å². The Morgan fingerprint density at radius 1 is 0.950 bits per heavy atom. The van der Waals surface area contributed by atoms with E-state index in [0.717, 1.165) is 12.1 Å². The summed E-state index contributed by atoms with van der Waals surface area (Å²) in [5.41, 5.74) is 5.35. The van der Waals surface area contributed by atoms with E-state index in [0.29, 0.717) is 16.1 Å². The van der Waals surface area contributed by atoms with Crippen molar-refractivity contribution in [2.24, 2.45) is 5.73 Å². The number of benzene rings is 2. The molecule has 2 rings (SSSR count). The van der Waals surface area contributed by atoms with Gasteiger partial charge in [-0.3, -0.25) is 0 Å². The lowest BCUT2D eigenvalue weighted by atomic mass is 9.85. The van der Waals surface area contributed by atoms with Crippen molar-refractivity contribution in [1.29, 1.82) is 0 Å². The zero-order chi connectivity index (χ0) is 15.0. The monoisotopic (exact) mass is 299 g/mol. The Kier molecular flexibility index (Phi) is 3.80. The third-order valence-corrected chi connectivity index (χ3v) is 3.55. The minimum Gasteiger partial charge on any atom is -0.318 e. The summed E-state index contributed by atoms with van der Waals surface area (Å²) in [7, 11) is 0. The van der Waals surface area contributed by atoms with Gasteiger partial charge in [-0.25, -0.2) is 0 Å². The van der Waals surface area contributed by atoms with E-state index in [4.69, 9.17) is 17.3 Å². The maximum atomic E-state index is 12.8. The number of halogens is 4. The van der Waals surface area contributed by atoms with E-state index < -0.39 is 17.3 Å². The van der Waals surface area contributed by atoms with Crippen LogP contribution in [0.3, 0.4) is 0 Å². The molecule has 0 heterocycles. The van der Waals surface area contributed by atoms with E-state index in [2.05, 4.69) is 0 Å². The minimum absolute atomic E-state index is 0.362. The van der Waals surface area contributed by atoms with Gasteiger partial charge in [-0.15, -0.1) is 0 Å². The Bertz CT molecular complexity index is 621. The van der Waals surface area contributed by atoms with E-state index in [-0.39, 0.29) is 0 Å². The van der Waals surface area contributed by atoms with Gasteiger partial charge in [-0.2, -0.15) is 13.2 Å². The first-order chi connectivity index (χ1) is 9.23. The molecule has 0 aliphatic carbocycles. The molecule has 2 aromatic rings. The second-order valence-corrected chi connectivity index (χ2v) is 5.17. The molecule has 1 unspecified atom stereocenters. The van der Waals surface area contributed by atoms with Crippen molar-refractivity contribution >= 4 is 11.6 Å². The van der Waals surface area contributed by atoms with Gasteiger partial charge in [0.15, 0.2) is 0 Å². The predicted molar refractivity (Wildman–Crippen MR) is 73.5 cm³/mol. The summed E-state index contributed by atoms with van der Waals surface area (Å²) >= 11 is 6.09. The lowest BCUT2D eigenvalue weighted by molar-refractivity contribution is -0.137. The van der Waals surface area contributed by atoms with Gasteiger partial charge in [0.2, 0.25) is 0 Å². The highest BCUT2D eigenvalue weighted by Crippen LogP contribution is 2.35. The van der Waals surface area contributed by atoms with Crippen molar-refractivity contribution in [3.05, 3.63) is 70.2 Å². The number of nitrogens with two attached hydrogens (primary N) is 1. The molecule has 0 aliphatic heterocycles. The molecule has 0 aliphatic rings. The van der Waals surface area contributed by atoms with Crippen molar-refractivity contribution in [1.82, 2.24) is 0 Å². The summed E-state index contributed by atoms with van der Waals surface area (Å²) in [4.78, 5) is 0. The molecular formula is C15H13ClF3N. The van der Waals surface area contributed by atoms with Crippen LogP contribution in [0.1, 0.15) is 23.6 Å². The number of alkyl halides is 3. The van der Waals surface area contributed by atoms with Gasteiger partial charge in [-0.05, 0) is 36.2 Å². The van der Waals surface area contributed by atoms with Crippen molar-refractivity contribution in [3.63, 3.8) is 0 Å². The van der Waals surface area contributed by atoms with Crippen LogP contribution in [0.4, 0.5) is 13.2 Å². The van der Waals surface area contributed by atoms with Gasteiger partial charge in [0.05, 0.1) is 11.1 Å². The van der Waals surface area contributed by atoms with Crippen LogP contribution in [0.15, 0.2) is 48.5 Å². The van der Waals surface area contributed by atoms with Gasteiger partial charge in [0.1, 0.15) is 0 Å². The predicted octanol–water partition coefficient (Wildman–Crippen LogP) is 4.58. The Morgan fingerprint density at radius 3 is 2.15 bits per heavy atom. The molecule has 0 saturated heterocycles. The minimum atomic E-state index is -4.40. The fourth-order valence-corrected chi connectivity index (χ4v) is 2.39. The standard InChI is InChI=1S/C15H13ClF3N/c1-14(20,12-7-2-3-8-13(12)16)10-5-4-6-11(9-10)15(17,18)19/h2-9H,20H2,1H3. The molecule has 0 amide bonds. The molecule has 0 fully saturated rings. The molecule has 5 heteroatoms. The fourth-order valence-electron chi connectivity index (χ4n) is 2.06. The molecule has 1 nitrogen and oxygen atoms in total. The quantitative estimate of drug-likeness (QED) is 0.863. The van der Waals surface area contributed by atoms with E-state index >= 15 is 0 Å². The van der Waals surface area contributed by atoms with Gasteiger partial charge in [0, 0.05) is 5.02 Å². The molecule has 1 atom stereocenters. The topological polar surface area (TPSA) is 26.0 Å². The first kappa shape index (κ1) is 14.9. The third-order valence-electron chi connectivity index (χ3n) is 3.22. The van der Waals surface area contributed by atoms with E-state index in [1.165, 1.54) is 6.07 Å². The van der Waals surface area contributed by atoms with Crippen LogP contribution < -0.4 is 5.73 Å². The van der Waals surface area contributed by atoms with Crippen molar-refractivity contribution in [3.8, 4) is 0 Å². The maximum Gasteiger partial charge on any atom is 0.416 e. The summed E-state index contributed by atoms with van der Waals surface area (Å²) in [5.74, 6) is 0. The van der Waals surface area contributed by atoms with Crippen molar-refractivity contribution < 1.29 is 13.2 Å². The fraction of sp³-hybridized carbons (Fsp3) is 0.200. The summed E-state index contributed by atoms with van der Waals surface area (Å²) in [6.45, 7) is 1.64. The lowest BCUT2D eigenvalue weighted by Gasteiger charge is -2.27. The maximum absolute atomic E-state index is 12.8. The highest BCUT2D eigenvalue weighted by Gasteiger charge is 2.33. The van der Waals surface area contributed by atoms with Crippen molar-refractivity contribution in [2.45, 2.75) is 18.6 Å². The largest absolute Gasteiger partial charge is 0.416 e. The molecule has 2 aromatic carbocycles. The van der Waals surface area contributed by atoms with Crippen LogP contribution in [0.25, 0.3) is 0 Å². The van der Waals surface area contributed by atoms with E-state index in [9.17, 15) is 13.2 Å². The van der Waals surface area contributed by atoms with Gasteiger partial charge in [0.25, 0.3) is 0 Å². The molecule has 20 heavy (non-hydrogen) atoms.